The second-order valence-electron chi connectivity index (χ2n) is 5.00. The molecule has 0 saturated carbocycles. The molecule has 0 atom stereocenters. The van der Waals surface area contributed by atoms with Crippen molar-refractivity contribution < 1.29 is 17.9 Å². The number of nitro benzene ring substituents is 1. The zero-order chi connectivity index (χ0) is 18.0. The lowest BCUT2D eigenvalue weighted by molar-refractivity contribution is -0.384. The standard InChI is InChI=1S/C14H12N4O5S2/c1-17(9-13-15-14(16-23-13)12-3-2-8-24-12)25(21,22)11-6-4-10(5-7-11)18(19)20/h2-8H,9H2,1H3. The van der Waals surface area contributed by atoms with Gasteiger partial charge in [0.2, 0.25) is 21.7 Å². The van der Waals surface area contributed by atoms with Crippen LogP contribution >= 0.6 is 11.3 Å². The molecule has 1 aromatic carbocycles. The van der Waals surface area contributed by atoms with Gasteiger partial charge in [-0.25, -0.2) is 8.42 Å². The number of sulfonamides is 1. The number of non-ortho nitro benzene ring substituents is 1. The number of nitro groups is 1. The minimum Gasteiger partial charge on any atom is -0.337 e. The fourth-order valence-corrected chi connectivity index (χ4v) is 3.79. The maximum atomic E-state index is 12.5. The number of rotatable bonds is 6. The number of nitrogens with zero attached hydrogens (tertiary/aromatic N) is 4. The molecule has 0 aliphatic heterocycles. The zero-order valence-electron chi connectivity index (χ0n) is 12.9. The van der Waals surface area contributed by atoms with E-state index in [0.29, 0.717) is 5.82 Å². The molecular weight excluding hydrogens is 368 g/mol. The van der Waals surface area contributed by atoms with Gasteiger partial charge in [-0.1, -0.05) is 11.2 Å². The van der Waals surface area contributed by atoms with Crippen LogP contribution in [0.1, 0.15) is 5.89 Å². The lowest BCUT2D eigenvalue weighted by Crippen LogP contribution is -2.26. The normalized spacial score (nSPS) is 11.8. The Labute approximate surface area is 146 Å². The summed E-state index contributed by atoms with van der Waals surface area (Å²) in [5.41, 5.74) is -0.181. The highest BCUT2D eigenvalue weighted by Gasteiger charge is 2.24. The Balaban J connectivity index is 1.77. The average molecular weight is 380 g/mol. The van der Waals surface area contributed by atoms with Gasteiger partial charge in [0.05, 0.1) is 21.2 Å². The number of hydrogen-bond acceptors (Lipinski definition) is 8. The van der Waals surface area contributed by atoms with Gasteiger partial charge >= 0.3 is 0 Å². The van der Waals surface area contributed by atoms with Gasteiger partial charge < -0.3 is 4.52 Å². The van der Waals surface area contributed by atoms with Crippen molar-refractivity contribution in [2.24, 2.45) is 0 Å². The molecule has 0 radical (unpaired) electrons. The SMILES string of the molecule is CN(Cc1nc(-c2cccs2)no1)S(=O)(=O)c1ccc([N+](=O)[O-])cc1. The van der Waals surface area contributed by atoms with Gasteiger partial charge in [0.15, 0.2) is 0 Å². The van der Waals surface area contributed by atoms with Crippen LogP contribution in [0.15, 0.2) is 51.2 Å². The van der Waals surface area contributed by atoms with Gasteiger partial charge in [-0.2, -0.15) is 9.29 Å². The predicted octanol–water partition coefficient (Wildman–Crippen LogP) is 2.53. The van der Waals surface area contributed by atoms with Crippen LogP contribution in [0.2, 0.25) is 0 Å². The van der Waals surface area contributed by atoms with E-state index in [-0.39, 0.29) is 23.0 Å². The van der Waals surface area contributed by atoms with Crippen LogP contribution in [0.5, 0.6) is 0 Å². The number of benzene rings is 1. The van der Waals surface area contributed by atoms with E-state index >= 15 is 0 Å². The quantitative estimate of drug-likeness (QED) is 0.476. The molecule has 2 aromatic heterocycles. The summed E-state index contributed by atoms with van der Waals surface area (Å²) >= 11 is 1.44. The Morgan fingerprint density at radius 1 is 1.28 bits per heavy atom. The summed E-state index contributed by atoms with van der Waals surface area (Å²) in [6.07, 6.45) is 0. The highest BCUT2D eigenvalue weighted by molar-refractivity contribution is 7.89. The van der Waals surface area contributed by atoms with Gasteiger partial charge in [0.1, 0.15) is 0 Å². The summed E-state index contributed by atoms with van der Waals surface area (Å²) in [5, 5.41) is 16.4. The Hall–Kier alpha value is -2.63. The topological polar surface area (TPSA) is 119 Å². The molecule has 25 heavy (non-hydrogen) atoms. The van der Waals surface area contributed by atoms with Gasteiger partial charge in [0, 0.05) is 19.2 Å². The predicted molar refractivity (Wildman–Crippen MR) is 89.4 cm³/mol. The van der Waals surface area contributed by atoms with Gasteiger partial charge in [-0.3, -0.25) is 10.1 Å². The Kier molecular flexibility index (Phi) is 4.61. The van der Waals surface area contributed by atoms with Gasteiger partial charge in [-0.05, 0) is 23.6 Å². The second-order valence-corrected chi connectivity index (χ2v) is 7.99. The summed E-state index contributed by atoms with van der Waals surface area (Å²) in [5.74, 6) is 0.544. The molecule has 0 saturated heterocycles. The fourth-order valence-electron chi connectivity index (χ4n) is 2.02. The molecule has 9 nitrogen and oxygen atoms in total. The molecule has 2 heterocycles. The Morgan fingerprint density at radius 2 is 2.00 bits per heavy atom. The van der Waals surface area contributed by atoms with Crippen LogP contribution in [-0.2, 0) is 16.6 Å². The van der Waals surface area contributed by atoms with Crippen LogP contribution in [0.3, 0.4) is 0 Å². The highest BCUT2D eigenvalue weighted by Crippen LogP contribution is 2.23. The van der Waals surface area contributed by atoms with Crippen molar-refractivity contribution in [3.63, 3.8) is 0 Å². The molecule has 0 N–H and O–H groups in total. The van der Waals surface area contributed by atoms with Gasteiger partial charge in [-0.15, -0.1) is 11.3 Å². The third-order valence-corrected chi connectivity index (χ3v) is 6.01. The average Bonchev–Trinajstić information content (AvgIpc) is 3.26. The lowest BCUT2D eigenvalue weighted by Gasteiger charge is -2.14. The van der Waals surface area contributed by atoms with Crippen LogP contribution in [0.25, 0.3) is 10.7 Å². The van der Waals surface area contributed by atoms with Crippen molar-refractivity contribution in [2.75, 3.05) is 7.05 Å². The Bertz CT molecular complexity index is 981. The molecule has 11 heteroatoms. The molecule has 0 fully saturated rings. The smallest absolute Gasteiger partial charge is 0.269 e. The van der Waals surface area contributed by atoms with Crippen LogP contribution in [0.4, 0.5) is 5.69 Å². The first-order valence-electron chi connectivity index (χ1n) is 6.95. The van der Waals surface area contributed by atoms with E-state index in [0.717, 1.165) is 21.3 Å². The maximum Gasteiger partial charge on any atom is 0.269 e. The van der Waals surface area contributed by atoms with Crippen molar-refractivity contribution in [2.45, 2.75) is 11.4 Å². The van der Waals surface area contributed by atoms with E-state index in [1.165, 1.54) is 30.5 Å². The fraction of sp³-hybridized carbons (Fsp3) is 0.143. The van der Waals surface area contributed by atoms with Crippen molar-refractivity contribution in [1.29, 1.82) is 0 Å². The maximum absolute atomic E-state index is 12.5. The third-order valence-electron chi connectivity index (χ3n) is 3.32. The van der Waals surface area contributed by atoms with E-state index < -0.39 is 14.9 Å². The minimum absolute atomic E-state index is 0.0569. The number of hydrogen-bond donors (Lipinski definition) is 0. The largest absolute Gasteiger partial charge is 0.337 e. The lowest BCUT2D eigenvalue weighted by atomic mass is 10.3. The molecule has 0 aliphatic rings. The van der Waals surface area contributed by atoms with E-state index in [2.05, 4.69) is 10.1 Å². The summed E-state index contributed by atoms with van der Waals surface area (Å²) in [6, 6.07) is 8.34. The van der Waals surface area contributed by atoms with E-state index in [1.807, 2.05) is 17.5 Å². The monoisotopic (exact) mass is 380 g/mol. The molecule has 3 rings (SSSR count). The molecule has 0 aliphatic carbocycles. The molecule has 0 amide bonds. The molecule has 130 valence electrons. The molecule has 0 unspecified atom stereocenters. The van der Waals surface area contributed by atoms with Crippen molar-refractivity contribution in [1.82, 2.24) is 14.4 Å². The van der Waals surface area contributed by atoms with Crippen LogP contribution in [-0.4, -0.2) is 34.8 Å². The number of thiophene rings is 1. The van der Waals surface area contributed by atoms with E-state index in [9.17, 15) is 18.5 Å². The van der Waals surface area contributed by atoms with E-state index in [4.69, 9.17) is 4.52 Å². The van der Waals surface area contributed by atoms with Crippen LogP contribution in [0, 0.1) is 10.1 Å². The van der Waals surface area contributed by atoms with E-state index in [1.54, 1.807) is 0 Å². The van der Waals surface area contributed by atoms with Crippen molar-refractivity contribution in [3.05, 3.63) is 57.8 Å². The Morgan fingerprint density at radius 3 is 2.60 bits per heavy atom. The summed E-state index contributed by atoms with van der Waals surface area (Å²) in [7, 11) is -2.47. The first-order chi connectivity index (χ1) is 11.9. The molecule has 3 aromatic rings. The highest BCUT2D eigenvalue weighted by atomic mass is 32.2. The molecule has 0 bridgehead atoms. The second kappa shape index (κ2) is 6.70. The third kappa shape index (κ3) is 3.57. The van der Waals surface area contributed by atoms with Crippen LogP contribution < -0.4 is 0 Å². The zero-order valence-corrected chi connectivity index (χ0v) is 14.5. The first kappa shape index (κ1) is 17.2. The summed E-state index contributed by atoms with van der Waals surface area (Å²) < 4.78 is 31.2. The minimum atomic E-state index is -3.84. The van der Waals surface area contributed by atoms with Gasteiger partial charge in [0.25, 0.3) is 5.69 Å². The van der Waals surface area contributed by atoms with Crippen molar-refractivity contribution >= 4 is 27.0 Å². The number of aromatic nitrogens is 2. The van der Waals surface area contributed by atoms with Crippen molar-refractivity contribution in [3.8, 4) is 10.7 Å². The summed E-state index contributed by atoms with van der Waals surface area (Å²) in [4.78, 5) is 15.0. The first-order valence-corrected chi connectivity index (χ1v) is 9.27. The molecular formula is C14H12N4O5S2. The molecule has 0 spiro atoms. The summed E-state index contributed by atoms with van der Waals surface area (Å²) in [6.45, 7) is -0.113.